The number of rotatable bonds is 5. The lowest BCUT2D eigenvalue weighted by atomic mass is 10.1. The van der Waals surface area contributed by atoms with Crippen LogP contribution in [0.1, 0.15) is 29.9 Å². The van der Waals surface area contributed by atoms with Crippen molar-refractivity contribution in [1.29, 1.82) is 0 Å². The maximum atomic E-state index is 12.0. The highest BCUT2D eigenvalue weighted by molar-refractivity contribution is 5.82. The van der Waals surface area contributed by atoms with E-state index in [1.165, 1.54) is 12.5 Å². The van der Waals surface area contributed by atoms with Crippen LogP contribution in [0, 0.1) is 0 Å². The van der Waals surface area contributed by atoms with Crippen molar-refractivity contribution < 1.29 is 9.52 Å². The summed E-state index contributed by atoms with van der Waals surface area (Å²) in [5.41, 5.74) is -0.512. The average Bonchev–Trinajstić information content (AvgIpc) is 3.12. The molecule has 0 fully saturated rings. The number of aromatic nitrogens is 2. The van der Waals surface area contributed by atoms with Gasteiger partial charge in [0.05, 0.1) is 18.8 Å². The van der Waals surface area contributed by atoms with E-state index in [1.807, 2.05) is 37.3 Å². The van der Waals surface area contributed by atoms with Gasteiger partial charge in [-0.1, -0.05) is 30.3 Å². The van der Waals surface area contributed by atoms with Crippen LogP contribution in [0.25, 0.3) is 0 Å². The fourth-order valence-electron chi connectivity index (χ4n) is 2.40. The van der Waals surface area contributed by atoms with E-state index in [2.05, 4.69) is 9.98 Å². The van der Waals surface area contributed by atoms with Crippen molar-refractivity contribution in [3.8, 4) is 5.88 Å². The number of nitrogens with zero attached hydrogens (tertiary/aromatic N) is 2. The molecule has 7 heteroatoms. The fourth-order valence-corrected chi connectivity index (χ4v) is 2.40. The van der Waals surface area contributed by atoms with Crippen molar-refractivity contribution in [1.82, 2.24) is 9.55 Å². The lowest BCUT2D eigenvalue weighted by Crippen LogP contribution is -2.32. The Bertz CT molecular complexity index is 985. The normalized spacial score (nSPS) is 12.5. The molecular weight excluding hydrogens is 322 g/mol. The van der Waals surface area contributed by atoms with Crippen LogP contribution in [0.3, 0.4) is 0 Å². The summed E-state index contributed by atoms with van der Waals surface area (Å²) in [4.78, 5) is 30.5. The standard InChI is InChI=1S/C18H17N3O4/c1-12(13-6-3-2-4-7-13)19-10-15-16(22)20-18(24)21(17(15)23)11-14-8-5-9-25-14/h2-10,12,23H,11H2,1H3,(H,20,22,24)/t12-/m0/s1. The monoisotopic (exact) mass is 339 g/mol. The molecular formula is C18H17N3O4. The highest BCUT2D eigenvalue weighted by Gasteiger charge is 2.14. The summed E-state index contributed by atoms with van der Waals surface area (Å²) in [5.74, 6) is 0.0270. The molecule has 0 aliphatic carbocycles. The third-order valence-electron chi connectivity index (χ3n) is 3.81. The number of aliphatic imine (C=N–C) groups is 1. The zero-order valence-electron chi connectivity index (χ0n) is 13.5. The molecule has 1 atom stereocenters. The number of hydrogen-bond donors (Lipinski definition) is 2. The smallest absolute Gasteiger partial charge is 0.331 e. The lowest BCUT2D eigenvalue weighted by Gasteiger charge is -2.09. The molecule has 0 radical (unpaired) electrons. The van der Waals surface area contributed by atoms with Crippen molar-refractivity contribution in [2.24, 2.45) is 4.99 Å². The number of nitrogens with one attached hydrogen (secondary N) is 1. The summed E-state index contributed by atoms with van der Waals surface area (Å²) in [6.45, 7) is 1.87. The SMILES string of the molecule is C[C@H](N=Cc1c(O)n(Cc2ccco2)c(=O)[nH]c1=O)c1ccccc1. The van der Waals surface area contributed by atoms with Gasteiger partial charge in [-0.3, -0.25) is 19.3 Å². The Hall–Kier alpha value is -3.35. The van der Waals surface area contributed by atoms with E-state index in [0.29, 0.717) is 5.76 Å². The average molecular weight is 339 g/mol. The number of furan rings is 1. The molecule has 1 aromatic carbocycles. The second kappa shape index (κ2) is 7.04. The molecule has 0 saturated carbocycles. The van der Waals surface area contributed by atoms with Crippen LogP contribution in [0.15, 0.2) is 67.7 Å². The predicted octanol–water partition coefficient (Wildman–Crippen LogP) is 2.06. The van der Waals surface area contributed by atoms with Crippen LogP contribution >= 0.6 is 0 Å². The quantitative estimate of drug-likeness (QED) is 0.695. The van der Waals surface area contributed by atoms with Crippen LogP contribution in [-0.4, -0.2) is 20.9 Å². The van der Waals surface area contributed by atoms with Gasteiger partial charge in [-0.05, 0) is 24.6 Å². The van der Waals surface area contributed by atoms with Gasteiger partial charge in [-0.15, -0.1) is 0 Å². The molecule has 3 aromatic rings. The zero-order chi connectivity index (χ0) is 17.8. The van der Waals surface area contributed by atoms with Gasteiger partial charge in [-0.2, -0.15) is 0 Å². The Morgan fingerprint density at radius 1 is 1.24 bits per heavy atom. The third kappa shape index (κ3) is 3.60. The van der Waals surface area contributed by atoms with Gasteiger partial charge in [0.2, 0.25) is 5.88 Å². The topological polar surface area (TPSA) is 101 Å². The first-order valence-electron chi connectivity index (χ1n) is 7.73. The molecule has 0 spiro atoms. The Kier molecular flexibility index (Phi) is 4.65. The molecule has 0 aliphatic heterocycles. The van der Waals surface area contributed by atoms with E-state index in [0.717, 1.165) is 10.1 Å². The summed E-state index contributed by atoms with van der Waals surface area (Å²) in [6, 6.07) is 12.7. The summed E-state index contributed by atoms with van der Waals surface area (Å²) < 4.78 is 6.20. The lowest BCUT2D eigenvalue weighted by molar-refractivity contribution is 0.392. The van der Waals surface area contributed by atoms with E-state index in [9.17, 15) is 14.7 Å². The zero-order valence-corrected chi connectivity index (χ0v) is 13.5. The van der Waals surface area contributed by atoms with Gasteiger partial charge < -0.3 is 9.52 Å². The van der Waals surface area contributed by atoms with E-state index < -0.39 is 17.1 Å². The summed E-state index contributed by atoms with van der Waals surface area (Å²) in [5, 5.41) is 10.3. The molecule has 2 N–H and O–H groups in total. The van der Waals surface area contributed by atoms with Crippen molar-refractivity contribution >= 4 is 6.21 Å². The molecule has 0 bridgehead atoms. The van der Waals surface area contributed by atoms with E-state index >= 15 is 0 Å². The molecule has 0 amide bonds. The molecule has 7 nitrogen and oxygen atoms in total. The number of benzene rings is 1. The Balaban J connectivity index is 1.95. The largest absolute Gasteiger partial charge is 0.494 e. The Morgan fingerprint density at radius 3 is 2.68 bits per heavy atom. The Labute approximate surface area is 142 Å². The molecule has 0 aliphatic rings. The van der Waals surface area contributed by atoms with Gasteiger partial charge in [0.25, 0.3) is 5.56 Å². The first kappa shape index (κ1) is 16.5. The van der Waals surface area contributed by atoms with Crippen molar-refractivity contribution in [2.45, 2.75) is 19.5 Å². The molecule has 3 rings (SSSR count). The van der Waals surface area contributed by atoms with Crippen LogP contribution in [0.4, 0.5) is 0 Å². The maximum Gasteiger partial charge on any atom is 0.331 e. The summed E-state index contributed by atoms with van der Waals surface area (Å²) in [6.07, 6.45) is 2.75. The maximum absolute atomic E-state index is 12.0. The van der Waals surface area contributed by atoms with Crippen molar-refractivity contribution in [3.05, 3.63) is 86.5 Å². The number of aromatic hydroxyl groups is 1. The van der Waals surface area contributed by atoms with Crippen molar-refractivity contribution in [2.75, 3.05) is 0 Å². The number of hydrogen-bond acceptors (Lipinski definition) is 5. The van der Waals surface area contributed by atoms with E-state index in [4.69, 9.17) is 4.42 Å². The molecule has 2 aromatic heterocycles. The van der Waals surface area contributed by atoms with E-state index in [-0.39, 0.29) is 18.2 Å². The highest BCUT2D eigenvalue weighted by Crippen LogP contribution is 2.17. The van der Waals surface area contributed by atoms with Gasteiger partial charge >= 0.3 is 5.69 Å². The molecule has 128 valence electrons. The second-order valence-corrected chi connectivity index (χ2v) is 5.53. The van der Waals surface area contributed by atoms with Crippen LogP contribution in [0.2, 0.25) is 0 Å². The van der Waals surface area contributed by atoms with Gasteiger partial charge in [0.15, 0.2) is 0 Å². The molecule has 25 heavy (non-hydrogen) atoms. The highest BCUT2D eigenvalue weighted by atomic mass is 16.3. The first-order valence-corrected chi connectivity index (χ1v) is 7.73. The number of aromatic amines is 1. The number of H-pyrrole nitrogens is 1. The predicted molar refractivity (Wildman–Crippen MR) is 93.2 cm³/mol. The minimum atomic E-state index is -0.716. The Morgan fingerprint density at radius 2 is 2.00 bits per heavy atom. The first-order chi connectivity index (χ1) is 12.1. The van der Waals surface area contributed by atoms with Gasteiger partial charge in [0, 0.05) is 6.21 Å². The van der Waals surface area contributed by atoms with Crippen molar-refractivity contribution in [3.63, 3.8) is 0 Å². The summed E-state index contributed by atoms with van der Waals surface area (Å²) in [7, 11) is 0. The second-order valence-electron chi connectivity index (χ2n) is 5.53. The molecule has 2 heterocycles. The van der Waals surface area contributed by atoms with Gasteiger partial charge in [0.1, 0.15) is 11.3 Å². The van der Waals surface area contributed by atoms with Crippen LogP contribution < -0.4 is 11.2 Å². The minimum absolute atomic E-state index is 0.00350. The minimum Gasteiger partial charge on any atom is -0.494 e. The van der Waals surface area contributed by atoms with Crippen LogP contribution in [-0.2, 0) is 6.54 Å². The summed E-state index contributed by atoms with van der Waals surface area (Å²) >= 11 is 0. The van der Waals surface area contributed by atoms with E-state index in [1.54, 1.807) is 12.1 Å². The molecule has 0 unspecified atom stereocenters. The third-order valence-corrected chi connectivity index (χ3v) is 3.81. The van der Waals surface area contributed by atoms with Crippen LogP contribution in [0.5, 0.6) is 5.88 Å². The molecule has 0 saturated heterocycles. The van der Waals surface area contributed by atoms with Gasteiger partial charge in [-0.25, -0.2) is 4.79 Å². The fraction of sp³-hybridized carbons (Fsp3) is 0.167.